The SMILES string of the molecule is COCc1c(Cl)cccc1NC(=O)N[C@@H]1CCC[C@H]1SC. The van der Waals surface area contributed by atoms with Crippen molar-refractivity contribution in [1.29, 1.82) is 0 Å². The van der Waals surface area contributed by atoms with Crippen LogP contribution in [0, 0.1) is 0 Å². The van der Waals surface area contributed by atoms with Gasteiger partial charge in [0, 0.05) is 34.7 Å². The second kappa shape index (κ2) is 7.92. The van der Waals surface area contributed by atoms with Crippen LogP contribution in [0.5, 0.6) is 0 Å². The van der Waals surface area contributed by atoms with Gasteiger partial charge in [0.25, 0.3) is 0 Å². The zero-order valence-corrected chi connectivity index (χ0v) is 13.9. The zero-order valence-electron chi connectivity index (χ0n) is 12.3. The van der Waals surface area contributed by atoms with Crippen molar-refractivity contribution in [3.8, 4) is 0 Å². The molecular weight excluding hydrogens is 308 g/mol. The third kappa shape index (κ3) is 4.28. The fraction of sp³-hybridized carbons (Fsp3) is 0.533. The Kier molecular flexibility index (Phi) is 6.21. The number of urea groups is 1. The summed E-state index contributed by atoms with van der Waals surface area (Å²) in [6.45, 7) is 0.367. The smallest absolute Gasteiger partial charge is 0.319 e. The van der Waals surface area contributed by atoms with Crippen molar-refractivity contribution < 1.29 is 9.53 Å². The van der Waals surface area contributed by atoms with Crippen LogP contribution in [0.3, 0.4) is 0 Å². The highest BCUT2D eigenvalue weighted by Crippen LogP contribution is 2.29. The molecule has 2 amide bonds. The summed E-state index contributed by atoms with van der Waals surface area (Å²) in [6.07, 6.45) is 5.47. The van der Waals surface area contributed by atoms with E-state index in [2.05, 4.69) is 16.9 Å². The number of hydrogen-bond acceptors (Lipinski definition) is 3. The molecule has 2 N–H and O–H groups in total. The lowest BCUT2D eigenvalue weighted by molar-refractivity contribution is 0.185. The number of hydrogen-bond donors (Lipinski definition) is 2. The number of carbonyl (C=O) groups excluding carboxylic acids is 1. The first-order chi connectivity index (χ1) is 10.2. The molecular formula is C15H21ClN2O2S. The van der Waals surface area contributed by atoms with Crippen LogP contribution >= 0.6 is 23.4 Å². The number of nitrogens with one attached hydrogen (secondary N) is 2. The van der Waals surface area contributed by atoms with Crippen LogP contribution in [0.4, 0.5) is 10.5 Å². The lowest BCUT2D eigenvalue weighted by Gasteiger charge is -2.20. The Labute approximate surface area is 135 Å². The summed E-state index contributed by atoms with van der Waals surface area (Å²) in [5, 5.41) is 7.05. The molecule has 1 aromatic rings. The molecule has 0 saturated heterocycles. The number of carbonyl (C=O) groups is 1. The van der Waals surface area contributed by atoms with Crippen LogP contribution in [0.1, 0.15) is 24.8 Å². The summed E-state index contributed by atoms with van der Waals surface area (Å²) >= 11 is 7.97. The Hall–Kier alpha value is -0.910. The molecule has 0 spiro atoms. The van der Waals surface area contributed by atoms with Crippen LogP contribution in [-0.2, 0) is 11.3 Å². The van der Waals surface area contributed by atoms with Crippen molar-refractivity contribution in [2.45, 2.75) is 37.2 Å². The molecule has 0 bridgehead atoms. The van der Waals surface area contributed by atoms with Crippen LogP contribution in [0.2, 0.25) is 5.02 Å². The van der Waals surface area contributed by atoms with E-state index in [1.54, 1.807) is 13.2 Å². The molecule has 2 atom stereocenters. The first kappa shape index (κ1) is 16.5. The minimum atomic E-state index is -0.180. The van der Waals surface area contributed by atoms with Gasteiger partial charge in [0.2, 0.25) is 0 Å². The second-order valence-electron chi connectivity index (χ2n) is 5.11. The maximum atomic E-state index is 12.2. The fourth-order valence-electron chi connectivity index (χ4n) is 2.67. The van der Waals surface area contributed by atoms with Crippen molar-refractivity contribution in [2.24, 2.45) is 0 Å². The largest absolute Gasteiger partial charge is 0.380 e. The molecule has 2 rings (SSSR count). The van der Waals surface area contributed by atoms with E-state index in [4.69, 9.17) is 16.3 Å². The van der Waals surface area contributed by atoms with E-state index in [0.29, 0.717) is 22.6 Å². The Morgan fingerprint density at radius 2 is 2.29 bits per heavy atom. The molecule has 21 heavy (non-hydrogen) atoms. The van der Waals surface area contributed by atoms with Gasteiger partial charge in [-0.1, -0.05) is 24.1 Å². The predicted octanol–water partition coefficient (Wildman–Crippen LogP) is 3.89. The molecule has 1 aromatic carbocycles. The molecule has 1 aliphatic rings. The summed E-state index contributed by atoms with van der Waals surface area (Å²) in [4.78, 5) is 12.2. The summed E-state index contributed by atoms with van der Waals surface area (Å²) < 4.78 is 5.14. The van der Waals surface area contributed by atoms with Gasteiger partial charge in [-0.25, -0.2) is 4.79 Å². The molecule has 0 heterocycles. The third-order valence-electron chi connectivity index (χ3n) is 3.73. The standard InChI is InChI=1S/C15H21ClN2O2S/c1-20-9-10-11(16)5-3-6-12(10)17-15(19)18-13-7-4-8-14(13)21-2/h3,5-6,13-14H,4,7-9H2,1-2H3,(H2,17,18,19)/t13-,14-/m1/s1. The number of anilines is 1. The van der Waals surface area contributed by atoms with Crippen LogP contribution in [0.25, 0.3) is 0 Å². The van der Waals surface area contributed by atoms with Gasteiger partial charge in [0.05, 0.1) is 6.61 Å². The highest BCUT2D eigenvalue weighted by atomic mass is 35.5. The topological polar surface area (TPSA) is 50.4 Å². The van der Waals surface area contributed by atoms with E-state index in [9.17, 15) is 4.79 Å². The van der Waals surface area contributed by atoms with Crippen molar-refractivity contribution >= 4 is 35.1 Å². The predicted molar refractivity (Wildman–Crippen MR) is 89.3 cm³/mol. The molecule has 0 aliphatic heterocycles. The van der Waals surface area contributed by atoms with Gasteiger partial charge < -0.3 is 15.4 Å². The van der Waals surface area contributed by atoms with Crippen molar-refractivity contribution in [3.63, 3.8) is 0 Å². The van der Waals surface area contributed by atoms with Gasteiger partial charge >= 0.3 is 6.03 Å². The highest BCUT2D eigenvalue weighted by Gasteiger charge is 2.27. The number of amides is 2. The molecule has 0 unspecified atom stereocenters. The quantitative estimate of drug-likeness (QED) is 0.862. The zero-order chi connectivity index (χ0) is 15.2. The summed E-state index contributed by atoms with van der Waals surface area (Å²) in [5.41, 5.74) is 1.49. The maximum absolute atomic E-state index is 12.2. The van der Waals surface area contributed by atoms with E-state index < -0.39 is 0 Å². The molecule has 4 nitrogen and oxygen atoms in total. The van der Waals surface area contributed by atoms with Crippen LogP contribution in [-0.4, -0.2) is 30.7 Å². The van der Waals surface area contributed by atoms with Gasteiger partial charge in [-0.3, -0.25) is 0 Å². The van der Waals surface area contributed by atoms with Gasteiger partial charge in [-0.05, 0) is 31.2 Å². The summed E-state index contributed by atoms with van der Waals surface area (Å²) in [6, 6.07) is 5.50. The highest BCUT2D eigenvalue weighted by molar-refractivity contribution is 7.99. The second-order valence-corrected chi connectivity index (χ2v) is 6.59. The number of methoxy groups -OCH3 is 1. The minimum Gasteiger partial charge on any atom is -0.380 e. The third-order valence-corrected chi connectivity index (χ3v) is 5.25. The average Bonchev–Trinajstić information content (AvgIpc) is 2.89. The van der Waals surface area contributed by atoms with Gasteiger partial charge in [-0.2, -0.15) is 11.8 Å². The lowest BCUT2D eigenvalue weighted by atomic mass is 10.2. The maximum Gasteiger partial charge on any atom is 0.319 e. The van der Waals surface area contributed by atoms with Crippen molar-refractivity contribution in [1.82, 2.24) is 5.32 Å². The first-order valence-electron chi connectivity index (χ1n) is 7.02. The average molecular weight is 329 g/mol. The summed E-state index contributed by atoms with van der Waals surface area (Å²) in [7, 11) is 1.61. The Bertz CT molecular complexity index is 499. The van der Waals surface area contributed by atoms with Crippen LogP contribution < -0.4 is 10.6 Å². The minimum absolute atomic E-state index is 0.180. The fourth-order valence-corrected chi connectivity index (χ4v) is 3.83. The van der Waals surface area contributed by atoms with E-state index in [-0.39, 0.29) is 12.1 Å². The molecule has 0 aromatic heterocycles. The van der Waals surface area contributed by atoms with E-state index in [0.717, 1.165) is 18.4 Å². The molecule has 116 valence electrons. The van der Waals surface area contributed by atoms with Crippen LogP contribution in [0.15, 0.2) is 18.2 Å². The lowest BCUT2D eigenvalue weighted by Crippen LogP contribution is -2.41. The number of ether oxygens (including phenoxy) is 1. The number of thioether (sulfide) groups is 1. The normalized spacial score (nSPS) is 21.3. The van der Waals surface area contributed by atoms with Crippen molar-refractivity contribution in [3.05, 3.63) is 28.8 Å². The molecule has 1 saturated carbocycles. The summed E-state index contributed by atoms with van der Waals surface area (Å²) in [5.74, 6) is 0. The van der Waals surface area contributed by atoms with E-state index in [1.165, 1.54) is 6.42 Å². The number of halogens is 1. The molecule has 1 aliphatic carbocycles. The first-order valence-corrected chi connectivity index (χ1v) is 8.69. The monoisotopic (exact) mass is 328 g/mol. The van der Waals surface area contributed by atoms with Crippen molar-refractivity contribution in [2.75, 3.05) is 18.7 Å². The number of rotatable bonds is 5. The molecule has 1 fully saturated rings. The van der Waals surface area contributed by atoms with Gasteiger partial charge in [0.15, 0.2) is 0 Å². The number of benzene rings is 1. The molecule has 0 radical (unpaired) electrons. The Balaban J connectivity index is 2.01. The Morgan fingerprint density at radius 1 is 1.48 bits per heavy atom. The Morgan fingerprint density at radius 3 is 3.00 bits per heavy atom. The van der Waals surface area contributed by atoms with E-state index in [1.807, 2.05) is 23.9 Å². The van der Waals surface area contributed by atoms with E-state index >= 15 is 0 Å². The van der Waals surface area contributed by atoms with Gasteiger partial charge in [-0.15, -0.1) is 0 Å². The molecule has 6 heteroatoms. The van der Waals surface area contributed by atoms with Gasteiger partial charge in [0.1, 0.15) is 0 Å².